The molecule has 0 aliphatic rings. The van der Waals surface area contributed by atoms with Crippen LogP contribution < -0.4 is 10.6 Å². The Kier molecular flexibility index (Phi) is 4.16. The summed E-state index contributed by atoms with van der Waals surface area (Å²) in [6.07, 6.45) is 1.74. The second kappa shape index (κ2) is 6.41. The van der Waals surface area contributed by atoms with Gasteiger partial charge in [-0.3, -0.25) is 4.98 Å². The zero-order valence-corrected chi connectivity index (χ0v) is 12.7. The second-order valence-electron chi connectivity index (χ2n) is 4.56. The van der Waals surface area contributed by atoms with Gasteiger partial charge in [0.2, 0.25) is 5.95 Å². The molecule has 22 heavy (non-hydrogen) atoms. The molecule has 0 amide bonds. The highest BCUT2D eigenvalue weighted by Gasteiger charge is 2.07. The highest BCUT2D eigenvalue weighted by molar-refractivity contribution is 6.30. The highest BCUT2D eigenvalue weighted by atomic mass is 35.5. The van der Waals surface area contributed by atoms with E-state index in [1.54, 1.807) is 13.2 Å². The lowest BCUT2D eigenvalue weighted by atomic mass is 10.2. The molecule has 0 radical (unpaired) electrons. The molecule has 2 heterocycles. The molecule has 0 aliphatic carbocycles. The maximum atomic E-state index is 6.00. The summed E-state index contributed by atoms with van der Waals surface area (Å²) in [5.74, 6) is 1.19. The summed E-state index contributed by atoms with van der Waals surface area (Å²) in [4.78, 5) is 13.1. The molecular weight excluding hydrogens is 298 g/mol. The number of pyridine rings is 1. The van der Waals surface area contributed by atoms with Crippen LogP contribution in [0, 0.1) is 0 Å². The number of nitrogens with zero attached hydrogens (tertiary/aromatic N) is 3. The Hall–Kier alpha value is -2.66. The standard InChI is InChI=1S/C16H14ClN5/c1-18-16-21-14(13-7-2-3-8-19-13)10-15(22-16)20-12-6-4-5-11(17)9-12/h2-10H,1H3,(H2,18,20,21,22). The first-order chi connectivity index (χ1) is 10.7. The number of nitrogens with one attached hydrogen (secondary N) is 2. The molecule has 0 spiro atoms. The van der Waals surface area contributed by atoms with Crippen LogP contribution in [0.15, 0.2) is 54.7 Å². The lowest BCUT2D eigenvalue weighted by Crippen LogP contribution is -2.02. The van der Waals surface area contributed by atoms with Crippen molar-refractivity contribution in [3.63, 3.8) is 0 Å². The Balaban J connectivity index is 1.97. The molecule has 0 bridgehead atoms. The second-order valence-corrected chi connectivity index (χ2v) is 5.00. The molecule has 2 aromatic heterocycles. The minimum atomic E-state index is 0.521. The van der Waals surface area contributed by atoms with Crippen LogP contribution in [0.2, 0.25) is 5.02 Å². The van der Waals surface area contributed by atoms with Crippen LogP contribution in [0.5, 0.6) is 0 Å². The Morgan fingerprint density at radius 3 is 2.59 bits per heavy atom. The van der Waals surface area contributed by atoms with Crippen LogP contribution in [-0.4, -0.2) is 22.0 Å². The SMILES string of the molecule is CNc1nc(Nc2cccc(Cl)c2)cc(-c2ccccn2)n1. The van der Waals surface area contributed by atoms with Crippen LogP contribution >= 0.6 is 11.6 Å². The van der Waals surface area contributed by atoms with Gasteiger partial charge in [-0.15, -0.1) is 0 Å². The van der Waals surface area contributed by atoms with Crippen LogP contribution in [0.4, 0.5) is 17.5 Å². The molecule has 0 saturated carbocycles. The Bertz CT molecular complexity index is 776. The van der Waals surface area contributed by atoms with Crippen LogP contribution in [0.25, 0.3) is 11.4 Å². The Morgan fingerprint density at radius 2 is 1.86 bits per heavy atom. The third kappa shape index (κ3) is 3.32. The third-order valence-electron chi connectivity index (χ3n) is 2.97. The van der Waals surface area contributed by atoms with E-state index in [9.17, 15) is 0 Å². The van der Waals surface area contributed by atoms with E-state index in [0.717, 1.165) is 17.1 Å². The highest BCUT2D eigenvalue weighted by Crippen LogP contribution is 2.23. The third-order valence-corrected chi connectivity index (χ3v) is 3.21. The number of rotatable bonds is 4. The van der Waals surface area contributed by atoms with Gasteiger partial charge in [-0.25, -0.2) is 4.98 Å². The maximum Gasteiger partial charge on any atom is 0.225 e. The van der Waals surface area contributed by atoms with Gasteiger partial charge in [-0.2, -0.15) is 4.98 Å². The molecule has 0 fully saturated rings. The quantitative estimate of drug-likeness (QED) is 0.763. The summed E-state index contributed by atoms with van der Waals surface area (Å²) in [5, 5.41) is 6.85. The number of hydrogen-bond acceptors (Lipinski definition) is 5. The Labute approximate surface area is 133 Å². The summed E-state index contributed by atoms with van der Waals surface area (Å²) in [6.45, 7) is 0. The van der Waals surface area contributed by atoms with E-state index in [2.05, 4.69) is 25.6 Å². The van der Waals surface area contributed by atoms with Crippen molar-refractivity contribution in [2.45, 2.75) is 0 Å². The lowest BCUT2D eigenvalue weighted by Gasteiger charge is -2.10. The van der Waals surface area contributed by atoms with Gasteiger partial charge in [0.15, 0.2) is 0 Å². The maximum absolute atomic E-state index is 6.00. The van der Waals surface area contributed by atoms with Crippen molar-refractivity contribution in [3.05, 3.63) is 59.8 Å². The number of benzene rings is 1. The predicted octanol–water partition coefficient (Wildman–Crippen LogP) is 3.98. The molecule has 1 aromatic carbocycles. The van der Waals surface area contributed by atoms with Gasteiger partial charge in [0.25, 0.3) is 0 Å². The number of hydrogen-bond donors (Lipinski definition) is 2. The largest absolute Gasteiger partial charge is 0.357 e. The summed E-state index contributed by atoms with van der Waals surface area (Å²) in [6, 6.07) is 15.0. The molecule has 3 aromatic rings. The van der Waals surface area contributed by atoms with Crippen molar-refractivity contribution in [3.8, 4) is 11.4 Å². The van der Waals surface area contributed by atoms with E-state index in [-0.39, 0.29) is 0 Å². The molecular formula is C16H14ClN5. The van der Waals surface area contributed by atoms with Crippen molar-refractivity contribution >= 4 is 29.1 Å². The van der Waals surface area contributed by atoms with Gasteiger partial charge in [0, 0.05) is 30.0 Å². The Morgan fingerprint density at radius 1 is 0.955 bits per heavy atom. The average molecular weight is 312 g/mol. The number of aromatic nitrogens is 3. The molecule has 5 nitrogen and oxygen atoms in total. The van der Waals surface area contributed by atoms with E-state index in [4.69, 9.17) is 11.6 Å². The predicted molar refractivity (Wildman–Crippen MR) is 89.5 cm³/mol. The first-order valence-electron chi connectivity index (χ1n) is 6.75. The van der Waals surface area contributed by atoms with E-state index in [0.29, 0.717) is 16.8 Å². The molecule has 0 unspecified atom stereocenters. The van der Waals surface area contributed by atoms with Gasteiger partial charge >= 0.3 is 0 Å². The summed E-state index contributed by atoms with van der Waals surface area (Å²) in [5.41, 5.74) is 2.39. The minimum absolute atomic E-state index is 0.521. The van der Waals surface area contributed by atoms with Gasteiger partial charge in [-0.05, 0) is 30.3 Å². The monoisotopic (exact) mass is 311 g/mol. The van der Waals surface area contributed by atoms with Crippen LogP contribution in [0.1, 0.15) is 0 Å². The summed E-state index contributed by atoms with van der Waals surface area (Å²) >= 11 is 6.00. The van der Waals surface area contributed by atoms with Crippen LogP contribution in [-0.2, 0) is 0 Å². The van der Waals surface area contributed by atoms with E-state index < -0.39 is 0 Å². The van der Waals surface area contributed by atoms with Gasteiger partial charge in [0.05, 0.1) is 11.4 Å². The molecule has 110 valence electrons. The zero-order chi connectivity index (χ0) is 15.4. The van der Waals surface area contributed by atoms with Gasteiger partial charge < -0.3 is 10.6 Å². The van der Waals surface area contributed by atoms with Crippen LogP contribution in [0.3, 0.4) is 0 Å². The van der Waals surface area contributed by atoms with Crippen molar-refractivity contribution in [1.82, 2.24) is 15.0 Å². The summed E-state index contributed by atoms with van der Waals surface area (Å²) < 4.78 is 0. The fourth-order valence-electron chi connectivity index (χ4n) is 1.98. The molecule has 3 rings (SSSR count). The number of halogens is 1. The van der Waals surface area contributed by atoms with E-state index in [1.807, 2.05) is 48.5 Å². The first-order valence-corrected chi connectivity index (χ1v) is 7.13. The fourth-order valence-corrected chi connectivity index (χ4v) is 2.17. The van der Waals surface area contributed by atoms with Crippen molar-refractivity contribution in [1.29, 1.82) is 0 Å². The van der Waals surface area contributed by atoms with Crippen molar-refractivity contribution in [2.75, 3.05) is 17.7 Å². The summed E-state index contributed by atoms with van der Waals surface area (Å²) in [7, 11) is 1.78. The van der Waals surface area contributed by atoms with E-state index >= 15 is 0 Å². The molecule has 6 heteroatoms. The zero-order valence-electron chi connectivity index (χ0n) is 11.9. The normalized spacial score (nSPS) is 10.3. The van der Waals surface area contributed by atoms with Crippen molar-refractivity contribution in [2.24, 2.45) is 0 Å². The molecule has 0 atom stereocenters. The molecule has 2 N–H and O–H groups in total. The van der Waals surface area contributed by atoms with Gasteiger partial charge in [0.1, 0.15) is 5.82 Å². The minimum Gasteiger partial charge on any atom is -0.357 e. The smallest absolute Gasteiger partial charge is 0.225 e. The van der Waals surface area contributed by atoms with Gasteiger partial charge in [-0.1, -0.05) is 23.7 Å². The first kappa shape index (κ1) is 14.3. The number of anilines is 3. The topological polar surface area (TPSA) is 62.7 Å². The molecule has 0 saturated heterocycles. The average Bonchev–Trinajstić information content (AvgIpc) is 2.55. The lowest BCUT2D eigenvalue weighted by molar-refractivity contribution is 1.14. The fraction of sp³-hybridized carbons (Fsp3) is 0.0625. The van der Waals surface area contributed by atoms with Crippen molar-refractivity contribution < 1.29 is 0 Å². The van der Waals surface area contributed by atoms with E-state index in [1.165, 1.54) is 0 Å². The molecule has 0 aliphatic heterocycles.